The van der Waals surface area contributed by atoms with Crippen LogP contribution in [0.1, 0.15) is 19.8 Å². The lowest BCUT2D eigenvalue weighted by molar-refractivity contribution is -0.135. The van der Waals surface area contributed by atoms with Crippen molar-refractivity contribution in [3.8, 4) is 0 Å². The monoisotopic (exact) mass is 377 g/mol. The molecule has 0 spiro atoms. The van der Waals surface area contributed by atoms with Crippen LogP contribution in [0.3, 0.4) is 0 Å². The summed E-state index contributed by atoms with van der Waals surface area (Å²) in [6, 6.07) is 1.83. The highest BCUT2D eigenvalue weighted by molar-refractivity contribution is 6.67. The number of nitrogens with zero attached hydrogens (tertiary/aromatic N) is 3. The van der Waals surface area contributed by atoms with Gasteiger partial charge in [0.15, 0.2) is 0 Å². The van der Waals surface area contributed by atoms with E-state index >= 15 is 0 Å². The molecule has 0 aliphatic carbocycles. The standard InChI is InChI=1S/C15H19ClF3N5O/c1-2-24(14(25)22-8-4-6-15(17,18)19)12(13(16)20)10-23-11-5-3-7-21-9-11/h3,5,7,9-10,12,20H,2,4,6,8H2,1H3,(H,22,25). The number of hydrogen-bond acceptors (Lipinski definition) is 4. The molecule has 2 amide bonds. The summed E-state index contributed by atoms with van der Waals surface area (Å²) >= 11 is 5.75. The number of carbonyl (C=O) groups excluding carboxylic acids is 1. The maximum atomic E-state index is 12.2. The number of pyridine rings is 1. The second-order valence-electron chi connectivity index (χ2n) is 5.02. The summed E-state index contributed by atoms with van der Waals surface area (Å²) in [6.45, 7) is 1.74. The van der Waals surface area contributed by atoms with E-state index in [1.165, 1.54) is 17.3 Å². The van der Waals surface area contributed by atoms with E-state index in [2.05, 4.69) is 15.3 Å². The van der Waals surface area contributed by atoms with Gasteiger partial charge in [0.25, 0.3) is 0 Å². The molecule has 1 heterocycles. The highest BCUT2D eigenvalue weighted by atomic mass is 35.5. The maximum Gasteiger partial charge on any atom is 0.389 e. The zero-order valence-electron chi connectivity index (χ0n) is 13.6. The van der Waals surface area contributed by atoms with Crippen LogP contribution < -0.4 is 5.32 Å². The van der Waals surface area contributed by atoms with Gasteiger partial charge in [-0.2, -0.15) is 13.2 Å². The van der Waals surface area contributed by atoms with E-state index in [4.69, 9.17) is 17.0 Å². The molecule has 0 saturated heterocycles. The van der Waals surface area contributed by atoms with E-state index in [0.717, 1.165) is 0 Å². The SMILES string of the molecule is CCN(C(=O)NCCCC(F)(F)F)C(C=Nc1cccnc1)C(=N)Cl. The van der Waals surface area contributed by atoms with Crippen LogP contribution in [0, 0.1) is 5.41 Å². The second-order valence-corrected chi connectivity index (χ2v) is 5.43. The van der Waals surface area contributed by atoms with E-state index < -0.39 is 24.7 Å². The minimum Gasteiger partial charge on any atom is -0.338 e. The summed E-state index contributed by atoms with van der Waals surface area (Å²) in [4.78, 5) is 21.4. The molecular weight excluding hydrogens is 359 g/mol. The van der Waals surface area contributed by atoms with Crippen molar-refractivity contribution in [2.45, 2.75) is 32.0 Å². The molecule has 1 rings (SSSR count). The van der Waals surface area contributed by atoms with E-state index in [1.807, 2.05) is 0 Å². The quantitative estimate of drug-likeness (QED) is 0.534. The summed E-state index contributed by atoms with van der Waals surface area (Å²) in [7, 11) is 0. The molecule has 1 atom stereocenters. The minimum absolute atomic E-state index is 0.128. The molecule has 138 valence electrons. The number of halogens is 4. The Bertz CT molecular complexity index is 595. The van der Waals surface area contributed by atoms with E-state index in [9.17, 15) is 18.0 Å². The van der Waals surface area contributed by atoms with Crippen LogP contribution in [0.2, 0.25) is 0 Å². The number of alkyl halides is 3. The van der Waals surface area contributed by atoms with Gasteiger partial charge < -0.3 is 10.2 Å². The lowest BCUT2D eigenvalue weighted by Crippen LogP contribution is -2.49. The van der Waals surface area contributed by atoms with Gasteiger partial charge in [-0.05, 0) is 25.5 Å². The number of hydrogen-bond donors (Lipinski definition) is 2. The highest BCUT2D eigenvalue weighted by Crippen LogP contribution is 2.20. The Balaban J connectivity index is 2.69. The van der Waals surface area contributed by atoms with Crippen molar-refractivity contribution in [3.63, 3.8) is 0 Å². The summed E-state index contributed by atoms with van der Waals surface area (Å²) in [5.41, 5.74) is 0.520. The molecule has 0 aromatic carbocycles. The fourth-order valence-electron chi connectivity index (χ4n) is 1.92. The van der Waals surface area contributed by atoms with Crippen molar-refractivity contribution in [2.75, 3.05) is 13.1 Å². The van der Waals surface area contributed by atoms with Gasteiger partial charge >= 0.3 is 12.2 Å². The first-order valence-electron chi connectivity index (χ1n) is 7.54. The Morgan fingerprint density at radius 2 is 2.28 bits per heavy atom. The molecule has 0 saturated carbocycles. The fraction of sp³-hybridized carbons (Fsp3) is 0.467. The fourth-order valence-corrected chi connectivity index (χ4v) is 2.10. The van der Waals surface area contributed by atoms with Crippen LogP contribution in [0.5, 0.6) is 0 Å². The molecular formula is C15H19ClF3N5O. The average molecular weight is 378 g/mol. The number of rotatable bonds is 8. The minimum atomic E-state index is -4.26. The van der Waals surface area contributed by atoms with Crippen molar-refractivity contribution in [1.82, 2.24) is 15.2 Å². The molecule has 0 radical (unpaired) electrons. The molecule has 1 aromatic heterocycles. The summed E-state index contributed by atoms with van der Waals surface area (Å²) in [5.74, 6) is 0. The smallest absolute Gasteiger partial charge is 0.338 e. The second kappa shape index (κ2) is 9.97. The topological polar surface area (TPSA) is 81.4 Å². The van der Waals surface area contributed by atoms with Gasteiger partial charge in [-0.15, -0.1) is 0 Å². The molecule has 0 fully saturated rings. The number of urea groups is 1. The van der Waals surface area contributed by atoms with Crippen LogP contribution >= 0.6 is 11.6 Å². The highest BCUT2D eigenvalue weighted by Gasteiger charge is 2.27. The molecule has 10 heteroatoms. The molecule has 0 aliphatic heterocycles. The van der Waals surface area contributed by atoms with Crippen molar-refractivity contribution in [2.24, 2.45) is 4.99 Å². The first-order valence-corrected chi connectivity index (χ1v) is 7.91. The summed E-state index contributed by atoms with van der Waals surface area (Å²) in [5, 5.41) is 9.69. The van der Waals surface area contributed by atoms with Crippen LogP contribution in [-0.2, 0) is 0 Å². The van der Waals surface area contributed by atoms with Crippen molar-refractivity contribution in [1.29, 1.82) is 5.41 Å². The van der Waals surface area contributed by atoms with Gasteiger partial charge in [0.1, 0.15) is 11.2 Å². The Hall–Kier alpha value is -2.16. The number of aliphatic imine (C=N–C) groups is 1. The predicted octanol–water partition coefficient (Wildman–Crippen LogP) is 3.74. The normalized spacial score (nSPS) is 12.8. The van der Waals surface area contributed by atoms with Gasteiger partial charge in [-0.3, -0.25) is 15.4 Å². The van der Waals surface area contributed by atoms with E-state index in [0.29, 0.717) is 5.69 Å². The van der Waals surface area contributed by atoms with E-state index in [-0.39, 0.29) is 24.7 Å². The Morgan fingerprint density at radius 3 is 2.80 bits per heavy atom. The number of nitrogens with one attached hydrogen (secondary N) is 2. The zero-order chi connectivity index (χ0) is 18.9. The van der Waals surface area contributed by atoms with Crippen molar-refractivity contribution >= 4 is 34.7 Å². The Morgan fingerprint density at radius 1 is 1.56 bits per heavy atom. The first kappa shape index (κ1) is 20.9. The van der Waals surface area contributed by atoms with E-state index in [1.54, 1.807) is 25.3 Å². The first-order chi connectivity index (χ1) is 11.7. The van der Waals surface area contributed by atoms with Gasteiger partial charge in [-0.1, -0.05) is 11.6 Å². The molecule has 1 unspecified atom stereocenters. The van der Waals surface area contributed by atoms with Gasteiger partial charge in [0, 0.05) is 31.9 Å². The molecule has 6 nitrogen and oxygen atoms in total. The lowest BCUT2D eigenvalue weighted by Gasteiger charge is -2.27. The zero-order valence-corrected chi connectivity index (χ0v) is 14.3. The lowest BCUT2D eigenvalue weighted by atomic mass is 10.3. The predicted molar refractivity (Wildman–Crippen MR) is 90.8 cm³/mol. The number of carbonyl (C=O) groups is 1. The molecule has 2 N–H and O–H groups in total. The molecule has 1 aromatic rings. The maximum absolute atomic E-state index is 12.2. The third kappa shape index (κ3) is 7.97. The molecule has 25 heavy (non-hydrogen) atoms. The third-order valence-corrected chi connectivity index (χ3v) is 3.34. The van der Waals surface area contributed by atoms with Crippen LogP contribution in [-0.4, -0.2) is 52.6 Å². The van der Waals surface area contributed by atoms with Gasteiger partial charge in [-0.25, -0.2) is 4.79 Å². The molecule has 0 aliphatic rings. The van der Waals surface area contributed by atoms with Crippen LogP contribution in [0.25, 0.3) is 0 Å². The summed E-state index contributed by atoms with van der Waals surface area (Å²) < 4.78 is 36.3. The van der Waals surface area contributed by atoms with Gasteiger partial charge in [0.2, 0.25) is 0 Å². The average Bonchev–Trinajstić information content (AvgIpc) is 2.55. The van der Waals surface area contributed by atoms with Crippen LogP contribution in [0.4, 0.5) is 23.7 Å². The Kier molecular flexibility index (Phi) is 8.33. The van der Waals surface area contributed by atoms with Crippen molar-refractivity contribution < 1.29 is 18.0 Å². The largest absolute Gasteiger partial charge is 0.389 e. The third-order valence-electron chi connectivity index (χ3n) is 3.12. The van der Waals surface area contributed by atoms with Gasteiger partial charge in [0.05, 0.1) is 11.9 Å². The van der Waals surface area contributed by atoms with Crippen LogP contribution in [0.15, 0.2) is 29.5 Å². The Labute approximate surface area is 148 Å². The summed E-state index contributed by atoms with van der Waals surface area (Å²) in [6.07, 6.45) is -1.06. The molecule has 0 bridgehead atoms. The van der Waals surface area contributed by atoms with Crippen molar-refractivity contribution in [3.05, 3.63) is 24.5 Å². The number of amides is 2. The number of aromatic nitrogens is 1.